The Kier molecular flexibility index (Phi) is 5.71. The third-order valence-electron chi connectivity index (χ3n) is 5.52. The van der Waals surface area contributed by atoms with Gasteiger partial charge in [-0.1, -0.05) is 29.8 Å². The van der Waals surface area contributed by atoms with Crippen LogP contribution in [0.4, 0.5) is 4.79 Å². The van der Waals surface area contributed by atoms with Gasteiger partial charge in [-0.15, -0.1) is 0 Å². The summed E-state index contributed by atoms with van der Waals surface area (Å²) in [6.07, 6.45) is 1.62. The Morgan fingerprint density at radius 2 is 1.78 bits per heavy atom. The zero-order chi connectivity index (χ0) is 19.8. The minimum absolute atomic E-state index is 0.0730. The average Bonchev–Trinajstić information content (AvgIpc) is 3.10. The molecule has 2 amide bonds. The van der Waals surface area contributed by atoms with E-state index >= 15 is 0 Å². The fourth-order valence-electron chi connectivity index (χ4n) is 4.31. The lowest BCUT2D eigenvalue weighted by Crippen LogP contribution is -2.39. The Morgan fingerprint density at radius 1 is 1.19 bits per heavy atom. The lowest BCUT2D eigenvalue weighted by molar-refractivity contribution is -0.131. The van der Waals surface area contributed by atoms with Crippen LogP contribution in [0, 0.1) is 11.8 Å². The number of fused-ring (bicyclic) bond motifs is 1. The molecule has 0 aromatic heterocycles. The summed E-state index contributed by atoms with van der Waals surface area (Å²) < 4.78 is 5.50. The van der Waals surface area contributed by atoms with Crippen LogP contribution < -0.4 is 0 Å². The van der Waals surface area contributed by atoms with E-state index in [-0.39, 0.29) is 18.0 Å². The van der Waals surface area contributed by atoms with E-state index in [0.717, 1.165) is 18.4 Å². The van der Waals surface area contributed by atoms with Crippen LogP contribution in [0.15, 0.2) is 24.3 Å². The molecule has 0 spiro atoms. The first kappa shape index (κ1) is 20.0. The molecule has 5 nitrogen and oxygen atoms in total. The quantitative estimate of drug-likeness (QED) is 0.769. The maximum Gasteiger partial charge on any atom is 0.410 e. The summed E-state index contributed by atoms with van der Waals surface area (Å²) in [6.45, 7) is 9.25. The lowest BCUT2D eigenvalue weighted by Gasteiger charge is -2.30. The Bertz CT molecular complexity index is 702. The van der Waals surface area contributed by atoms with Gasteiger partial charge in [0.1, 0.15) is 5.60 Å². The van der Waals surface area contributed by atoms with Gasteiger partial charge in [0, 0.05) is 37.6 Å². The van der Waals surface area contributed by atoms with Crippen molar-refractivity contribution in [3.05, 3.63) is 34.9 Å². The second kappa shape index (κ2) is 7.70. The zero-order valence-corrected chi connectivity index (χ0v) is 17.3. The molecule has 1 aromatic rings. The van der Waals surface area contributed by atoms with Crippen molar-refractivity contribution in [3.8, 4) is 0 Å². The molecule has 1 aliphatic carbocycles. The Labute approximate surface area is 166 Å². The van der Waals surface area contributed by atoms with E-state index in [1.807, 2.05) is 54.8 Å². The average molecular weight is 393 g/mol. The molecule has 2 fully saturated rings. The minimum atomic E-state index is -0.475. The van der Waals surface area contributed by atoms with Gasteiger partial charge in [0.15, 0.2) is 0 Å². The summed E-state index contributed by atoms with van der Waals surface area (Å²) in [5.41, 5.74) is 0.499. The summed E-state index contributed by atoms with van der Waals surface area (Å²) in [5.74, 6) is 0.926. The molecule has 0 unspecified atom stereocenters. The summed E-state index contributed by atoms with van der Waals surface area (Å²) in [5, 5.41) is 0.693. The minimum Gasteiger partial charge on any atom is -0.444 e. The Balaban J connectivity index is 1.62. The molecule has 6 heteroatoms. The number of hydrogen-bond donors (Lipinski definition) is 0. The van der Waals surface area contributed by atoms with E-state index in [2.05, 4.69) is 0 Å². The second-order valence-corrected chi connectivity index (χ2v) is 9.18. The lowest BCUT2D eigenvalue weighted by atomic mass is 10.0. The number of amides is 2. The number of likely N-dealkylation sites (tertiary alicyclic amines) is 1. The highest BCUT2D eigenvalue weighted by Crippen LogP contribution is 2.41. The van der Waals surface area contributed by atoms with Crippen molar-refractivity contribution in [2.45, 2.75) is 58.7 Å². The van der Waals surface area contributed by atoms with Gasteiger partial charge in [-0.05, 0) is 57.1 Å². The van der Waals surface area contributed by atoms with Crippen molar-refractivity contribution in [2.24, 2.45) is 11.8 Å². The first-order chi connectivity index (χ1) is 12.6. The Hall–Kier alpha value is -1.75. The maximum absolute atomic E-state index is 12.3. The molecule has 1 saturated carbocycles. The van der Waals surface area contributed by atoms with Gasteiger partial charge < -0.3 is 14.5 Å². The molecule has 1 heterocycles. The van der Waals surface area contributed by atoms with E-state index in [4.69, 9.17) is 16.3 Å². The fraction of sp³-hybridized carbons (Fsp3) is 0.619. The number of ether oxygens (including phenoxy) is 1. The third kappa shape index (κ3) is 4.75. The molecule has 2 aliphatic rings. The molecule has 1 saturated heterocycles. The first-order valence-corrected chi connectivity index (χ1v) is 10.0. The number of halogens is 1. The SMILES string of the molecule is CC(=O)N(Cc1ccccc1Cl)[C@@H]1C[C@@H]2CN(C(=O)OC(C)(C)C)C[C@@H]2C1. The largest absolute Gasteiger partial charge is 0.444 e. The predicted octanol–water partition coefficient (Wildman–Crippen LogP) is 4.33. The van der Waals surface area contributed by atoms with Crippen molar-refractivity contribution >= 4 is 23.6 Å². The predicted molar refractivity (Wildman–Crippen MR) is 105 cm³/mol. The van der Waals surface area contributed by atoms with Crippen LogP contribution in [0.2, 0.25) is 5.02 Å². The van der Waals surface area contributed by atoms with Gasteiger partial charge in [-0.3, -0.25) is 4.79 Å². The van der Waals surface area contributed by atoms with E-state index in [9.17, 15) is 9.59 Å². The van der Waals surface area contributed by atoms with E-state index < -0.39 is 5.60 Å². The molecule has 3 rings (SSSR count). The maximum atomic E-state index is 12.3. The molecule has 0 radical (unpaired) electrons. The number of benzene rings is 1. The van der Waals surface area contributed by atoms with Crippen LogP contribution in [-0.2, 0) is 16.1 Å². The number of carbonyl (C=O) groups is 2. The van der Waals surface area contributed by atoms with Crippen LogP contribution in [0.3, 0.4) is 0 Å². The highest BCUT2D eigenvalue weighted by atomic mass is 35.5. The van der Waals surface area contributed by atoms with Crippen molar-refractivity contribution in [2.75, 3.05) is 13.1 Å². The summed E-state index contributed by atoms with van der Waals surface area (Å²) in [6, 6.07) is 7.88. The van der Waals surface area contributed by atoms with Gasteiger partial charge >= 0.3 is 6.09 Å². The second-order valence-electron chi connectivity index (χ2n) is 8.77. The normalized spacial score (nSPS) is 24.6. The molecular weight excluding hydrogens is 364 g/mol. The molecular formula is C21H29ClN2O3. The molecule has 3 atom stereocenters. The number of rotatable bonds is 3. The molecule has 1 aromatic carbocycles. The number of nitrogens with zero attached hydrogens (tertiary/aromatic N) is 2. The highest BCUT2D eigenvalue weighted by molar-refractivity contribution is 6.31. The van der Waals surface area contributed by atoms with Gasteiger partial charge in [-0.25, -0.2) is 4.79 Å². The van der Waals surface area contributed by atoms with Crippen LogP contribution in [0.5, 0.6) is 0 Å². The van der Waals surface area contributed by atoms with Gasteiger partial charge in [0.25, 0.3) is 0 Å². The topological polar surface area (TPSA) is 49.9 Å². The van der Waals surface area contributed by atoms with E-state index in [1.54, 1.807) is 6.92 Å². The van der Waals surface area contributed by atoms with Crippen molar-refractivity contribution in [1.82, 2.24) is 9.80 Å². The molecule has 27 heavy (non-hydrogen) atoms. The summed E-state index contributed by atoms with van der Waals surface area (Å²) in [7, 11) is 0. The zero-order valence-electron chi connectivity index (χ0n) is 16.6. The van der Waals surface area contributed by atoms with Crippen molar-refractivity contribution in [3.63, 3.8) is 0 Å². The first-order valence-electron chi connectivity index (χ1n) is 9.62. The monoisotopic (exact) mass is 392 g/mol. The van der Waals surface area contributed by atoms with Gasteiger partial charge in [-0.2, -0.15) is 0 Å². The standard InChI is InChI=1S/C21H29ClN2O3/c1-14(25)24(13-15-7-5-6-8-19(15)22)18-9-16-11-23(12-17(16)10-18)20(26)27-21(2,3)4/h5-8,16-18H,9-13H2,1-4H3/t16-,17+,18-. The molecule has 1 aliphatic heterocycles. The summed E-state index contributed by atoms with van der Waals surface area (Å²) >= 11 is 6.29. The Morgan fingerprint density at radius 3 is 2.30 bits per heavy atom. The van der Waals surface area contributed by atoms with E-state index in [1.165, 1.54) is 0 Å². The smallest absolute Gasteiger partial charge is 0.410 e. The molecule has 0 bridgehead atoms. The third-order valence-corrected chi connectivity index (χ3v) is 5.89. The van der Waals surface area contributed by atoms with Crippen molar-refractivity contribution < 1.29 is 14.3 Å². The van der Waals surface area contributed by atoms with Crippen LogP contribution >= 0.6 is 11.6 Å². The molecule has 0 N–H and O–H groups in total. The highest BCUT2D eigenvalue weighted by Gasteiger charge is 2.45. The number of hydrogen-bond acceptors (Lipinski definition) is 3. The van der Waals surface area contributed by atoms with Crippen LogP contribution in [-0.4, -0.2) is 46.5 Å². The van der Waals surface area contributed by atoms with Crippen LogP contribution in [0.1, 0.15) is 46.1 Å². The molecule has 148 valence electrons. The fourth-order valence-corrected chi connectivity index (χ4v) is 4.50. The summed E-state index contributed by atoms with van der Waals surface area (Å²) in [4.78, 5) is 28.4. The number of carbonyl (C=O) groups excluding carboxylic acids is 2. The van der Waals surface area contributed by atoms with Gasteiger partial charge in [0.2, 0.25) is 5.91 Å². The van der Waals surface area contributed by atoms with E-state index in [0.29, 0.717) is 36.5 Å². The van der Waals surface area contributed by atoms with Crippen molar-refractivity contribution in [1.29, 1.82) is 0 Å². The van der Waals surface area contributed by atoms with Crippen LogP contribution in [0.25, 0.3) is 0 Å². The van der Waals surface area contributed by atoms with Gasteiger partial charge in [0.05, 0.1) is 0 Å².